The number of aryl methyl sites for hydroxylation is 2. The van der Waals surface area contributed by atoms with Crippen LogP contribution in [0.4, 0.5) is 0 Å². The zero-order chi connectivity index (χ0) is 23.8. The molecule has 4 rings (SSSR count). The van der Waals surface area contributed by atoms with Crippen LogP contribution in [-0.2, 0) is 17.6 Å². The van der Waals surface area contributed by atoms with Gasteiger partial charge in [-0.15, -0.1) is 0 Å². The summed E-state index contributed by atoms with van der Waals surface area (Å²) in [7, 11) is 0. The second kappa shape index (κ2) is 12.7. The Labute approximate surface area is 208 Å². The van der Waals surface area contributed by atoms with Crippen LogP contribution in [0, 0.1) is 11.8 Å². The minimum absolute atomic E-state index is 0.541. The van der Waals surface area contributed by atoms with E-state index >= 15 is 0 Å². The molecule has 2 aromatic carbocycles. The summed E-state index contributed by atoms with van der Waals surface area (Å²) >= 11 is 0. The van der Waals surface area contributed by atoms with Crippen LogP contribution in [0.2, 0.25) is 0 Å². The molecule has 2 aromatic rings. The number of ketones is 1. The molecule has 0 bridgehead atoms. The lowest BCUT2D eigenvalue weighted by Gasteiger charge is -2.30. The fourth-order valence-electron chi connectivity index (χ4n) is 6.62. The number of benzene rings is 2. The predicted octanol–water partition coefficient (Wildman–Crippen LogP) is 9.19. The Kier molecular flexibility index (Phi) is 9.42. The van der Waals surface area contributed by atoms with Crippen molar-refractivity contribution < 1.29 is 4.79 Å². The molecule has 2 fully saturated rings. The van der Waals surface area contributed by atoms with Crippen molar-refractivity contribution in [2.75, 3.05) is 0 Å². The maximum absolute atomic E-state index is 12.9. The Hall–Kier alpha value is -1.89. The molecule has 2 aliphatic rings. The lowest BCUT2D eigenvalue weighted by molar-refractivity contribution is -0.121. The highest BCUT2D eigenvalue weighted by atomic mass is 16.1. The van der Waals surface area contributed by atoms with Gasteiger partial charge in [0.05, 0.1) is 0 Å². The van der Waals surface area contributed by atoms with Gasteiger partial charge >= 0.3 is 0 Å². The van der Waals surface area contributed by atoms with Crippen LogP contribution in [0.15, 0.2) is 48.5 Å². The van der Waals surface area contributed by atoms with E-state index in [0.29, 0.717) is 29.5 Å². The Bertz CT molecular complexity index is 788. The van der Waals surface area contributed by atoms with E-state index in [9.17, 15) is 4.79 Å². The topological polar surface area (TPSA) is 17.1 Å². The minimum Gasteiger partial charge on any atom is -0.300 e. The second-order valence-electron chi connectivity index (χ2n) is 11.4. The van der Waals surface area contributed by atoms with Gasteiger partial charge in [-0.1, -0.05) is 75.2 Å². The third-order valence-corrected chi connectivity index (χ3v) is 8.71. The summed E-state index contributed by atoms with van der Waals surface area (Å²) < 4.78 is 0. The fraction of sp³-hybridized carbons (Fsp3) is 0.606. The number of hydrogen-bond donors (Lipinski definition) is 0. The maximum Gasteiger partial charge on any atom is 0.133 e. The highest BCUT2D eigenvalue weighted by Gasteiger charge is 2.27. The third kappa shape index (κ3) is 7.06. The van der Waals surface area contributed by atoms with Gasteiger partial charge in [0.2, 0.25) is 0 Å². The summed E-state index contributed by atoms with van der Waals surface area (Å²) in [6.45, 7) is 4.49. The van der Waals surface area contributed by atoms with Gasteiger partial charge in [-0.2, -0.15) is 0 Å². The van der Waals surface area contributed by atoms with Crippen molar-refractivity contribution in [1.82, 2.24) is 0 Å². The van der Waals surface area contributed by atoms with Crippen molar-refractivity contribution in [3.05, 3.63) is 70.8 Å². The van der Waals surface area contributed by atoms with Gasteiger partial charge < -0.3 is 0 Å². The summed E-state index contributed by atoms with van der Waals surface area (Å²) in [5.41, 5.74) is 5.96. The first-order valence-electron chi connectivity index (χ1n) is 14.3. The van der Waals surface area contributed by atoms with E-state index in [2.05, 4.69) is 62.4 Å². The summed E-state index contributed by atoms with van der Waals surface area (Å²) in [5.74, 6) is 3.20. The standard InChI is InChI=1S/C33H46O/c1-3-5-25-7-15-29(16-8-25)31-19-11-27(12-20-31)23-33(34)24-28-13-21-32(22-14-28)30-17-9-26(6-4-2)10-18-30/h7-10,15-18,27-28,31-32H,3-6,11-14,19-24H2,1-2H3. The van der Waals surface area contributed by atoms with Gasteiger partial charge in [0.25, 0.3) is 0 Å². The molecule has 2 saturated carbocycles. The van der Waals surface area contributed by atoms with Gasteiger partial charge in [0.1, 0.15) is 5.78 Å². The minimum atomic E-state index is 0.541. The highest BCUT2D eigenvalue weighted by Crippen LogP contribution is 2.40. The molecule has 0 aliphatic heterocycles. The van der Waals surface area contributed by atoms with Crippen molar-refractivity contribution >= 4 is 5.78 Å². The van der Waals surface area contributed by atoms with Gasteiger partial charge in [-0.05, 0) is 110 Å². The average molecular weight is 459 g/mol. The Balaban J connectivity index is 1.16. The van der Waals surface area contributed by atoms with Crippen molar-refractivity contribution in [2.24, 2.45) is 11.8 Å². The van der Waals surface area contributed by atoms with Crippen molar-refractivity contribution in [3.63, 3.8) is 0 Å². The SMILES string of the molecule is CCCc1ccc(C2CCC(CC(=O)CC3CCC(c4ccc(CCC)cc4)CC3)CC2)cc1. The Morgan fingerprint density at radius 1 is 0.588 bits per heavy atom. The third-order valence-electron chi connectivity index (χ3n) is 8.71. The van der Waals surface area contributed by atoms with Crippen molar-refractivity contribution in [1.29, 1.82) is 0 Å². The Morgan fingerprint density at radius 3 is 1.26 bits per heavy atom. The smallest absolute Gasteiger partial charge is 0.133 e. The average Bonchev–Trinajstić information content (AvgIpc) is 2.86. The highest BCUT2D eigenvalue weighted by molar-refractivity contribution is 5.78. The van der Waals surface area contributed by atoms with E-state index in [1.54, 1.807) is 0 Å². The zero-order valence-electron chi connectivity index (χ0n) is 21.7. The Morgan fingerprint density at radius 2 is 0.941 bits per heavy atom. The van der Waals surface area contributed by atoms with Crippen LogP contribution in [0.25, 0.3) is 0 Å². The van der Waals surface area contributed by atoms with Crippen LogP contribution in [0.5, 0.6) is 0 Å². The molecule has 34 heavy (non-hydrogen) atoms. The van der Waals surface area contributed by atoms with E-state index < -0.39 is 0 Å². The lowest BCUT2D eigenvalue weighted by Crippen LogP contribution is -2.20. The van der Waals surface area contributed by atoms with E-state index in [0.717, 1.165) is 12.8 Å². The van der Waals surface area contributed by atoms with E-state index in [4.69, 9.17) is 0 Å². The first kappa shape index (κ1) is 25.2. The van der Waals surface area contributed by atoms with E-state index in [-0.39, 0.29) is 0 Å². The number of carbonyl (C=O) groups is 1. The second-order valence-corrected chi connectivity index (χ2v) is 11.4. The molecule has 1 nitrogen and oxygen atoms in total. The summed E-state index contributed by atoms with van der Waals surface area (Å²) in [4.78, 5) is 12.9. The summed E-state index contributed by atoms with van der Waals surface area (Å²) in [6, 6.07) is 18.7. The van der Waals surface area contributed by atoms with Gasteiger partial charge in [-0.3, -0.25) is 4.79 Å². The van der Waals surface area contributed by atoms with Crippen LogP contribution >= 0.6 is 0 Å². The first-order valence-corrected chi connectivity index (χ1v) is 14.3. The molecule has 1 heteroatoms. The molecule has 0 spiro atoms. The van der Waals surface area contributed by atoms with Gasteiger partial charge in [-0.25, -0.2) is 0 Å². The number of carbonyl (C=O) groups excluding carboxylic acids is 1. The monoisotopic (exact) mass is 458 g/mol. The van der Waals surface area contributed by atoms with Crippen LogP contribution in [0.3, 0.4) is 0 Å². The van der Waals surface area contributed by atoms with Crippen molar-refractivity contribution in [3.8, 4) is 0 Å². The largest absolute Gasteiger partial charge is 0.300 e. The molecule has 0 heterocycles. The fourth-order valence-corrected chi connectivity index (χ4v) is 6.62. The summed E-state index contributed by atoms with van der Waals surface area (Å²) in [5, 5.41) is 0. The van der Waals surface area contributed by atoms with Crippen molar-refractivity contribution in [2.45, 2.75) is 116 Å². The van der Waals surface area contributed by atoms with Gasteiger partial charge in [0, 0.05) is 12.8 Å². The molecule has 0 aromatic heterocycles. The molecule has 0 unspecified atom stereocenters. The zero-order valence-corrected chi connectivity index (χ0v) is 21.7. The predicted molar refractivity (Wildman–Crippen MR) is 145 cm³/mol. The normalized spacial score (nSPS) is 25.2. The molecule has 2 aliphatic carbocycles. The first-order chi connectivity index (χ1) is 16.6. The molecule has 184 valence electrons. The van der Waals surface area contributed by atoms with E-state index in [1.165, 1.54) is 99.3 Å². The quantitative estimate of drug-likeness (QED) is 0.347. The number of Topliss-reactive ketones (excluding diaryl/α,β-unsaturated/α-hetero) is 1. The van der Waals surface area contributed by atoms with E-state index in [1.807, 2.05) is 0 Å². The molecule has 0 amide bonds. The molecular weight excluding hydrogens is 412 g/mol. The molecule has 0 atom stereocenters. The maximum atomic E-state index is 12.9. The van der Waals surface area contributed by atoms with Crippen LogP contribution in [-0.4, -0.2) is 5.78 Å². The van der Waals surface area contributed by atoms with Gasteiger partial charge in [0.15, 0.2) is 0 Å². The molecular formula is C33H46O. The molecule has 0 N–H and O–H groups in total. The number of hydrogen-bond acceptors (Lipinski definition) is 1. The molecule has 0 saturated heterocycles. The molecule has 0 radical (unpaired) electrons. The lowest BCUT2D eigenvalue weighted by atomic mass is 9.74. The van der Waals surface area contributed by atoms with Crippen LogP contribution in [0.1, 0.15) is 125 Å². The summed E-state index contributed by atoms with van der Waals surface area (Å²) in [6.07, 6.45) is 16.4. The van der Waals surface area contributed by atoms with Crippen LogP contribution < -0.4 is 0 Å². The number of rotatable bonds is 10.